The number of rotatable bonds is 3. The lowest BCUT2D eigenvalue weighted by atomic mass is 9.99. The number of hydrogen-bond acceptors (Lipinski definition) is 4. The molecule has 0 aliphatic carbocycles. The zero-order chi connectivity index (χ0) is 15.7. The predicted octanol–water partition coefficient (Wildman–Crippen LogP) is 2.50. The number of nitrogens with one attached hydrogen (secondary N) is 1. The summed E-state index contributed by atoms with van der Waals surface area (Å²) in [5, 5.41) is 3.57. The first kappa shape index (κ1) is 16.2. The SMILES string of the molecule is CN1CCN(c2ncccc2CNC(C)(C)C)CC1(C)C. The van der Waals surface area contributed by atoms with Gasteiger partial charge in [-0.15, -0.1) is 0 Å². The molecule has 0 bridgehead atoms. The molecule has 0 spiro atoms. The highest BCUT2D eigenvalue weighted by Crippen LogP contribution is 2.25. The van der Waals surface area contributed by atoms with E-state index in [1.165, 1.54) is 5.56 Å². The fourth-order valence-electron chi connectivity index (χ4n) is 2.63. The summed E-state index contributed by atoms with van der Waals surface area (Å²) in [5.74, 6) is 1.13. The first-order valence-corrected chi connectivity index (χ1v) is 7.84. The molecule has 0 atom stereocenters. The van der Waals surface area contributed by atoms with Gasteiger partial charge in [-0.2, -0.15) is 0 Å². The minimum absolute atomic E-state index is 0.120. The molecule has 2 rings (SSSR count). The lowest BCUT2D eigenvalue weighted by molar-refractivity contribution is 0.138. The van der Waals surface area contributed by atoms with Crippen molar-refractivity contribution in [2.45, 2.75) is 52.2 Å². The molecule has 1 aromatic rings. The van der Waals surface area contributed by atoms with Crippen molar-refractivity contribution in [3.8, 4) is 0 Å². The van der Waals surface area contributed by atoms with Crippen LogP contribution in [0.4, 0.5) is 5.82 Å². The number of aromatic nitrogens is 1. The lowest BCUT2D eigenvalue weighted by Crippen LogP contribution is -2.58. The first-order chi connectivity index (χ1) is 9.69. The summed E-state index contributed by atoms with van der Waals surface area (Å²) in [6.07, 6.45) is 1.90. The highest BCUT2D eigenvalue weighted by Gasteiger charge is 2.32. The Hall–Kier alpha value is -1.13. The van der Waals surface area contributed by atoms with Crippen LogP contribution in [0.1, 0.15) is 40.2 Å². The third-order valence-corrected chi connectivity index (χ3v) is 4.29. The fraction of sp³-hybridized carbons (Fsp3) is 0.706. The molecule has 1 aromatic heterocycles. The quantitative estimate of drug-likeness (QED) is 0.927. The zero-order valence-corrected chi connectivity index (χ0v) is 14.4. The maximum absolute atomic E-state index is 4.66. The van der Waals surface area contributed by atoms with Crippen LogP contribution in [-0.2, 0) is 6.54 Å². The van der Waals surface area contributed by atoms with Crippen molar-refractivity contribution >= 4 is 5.82 Å². The van der Waals surface area contributed by atoms with Crippen molar-refractivity contribution in [3.05, 3.63) is 23.9 Å². The molecule has 4 heteroatoms. The van der Waals surface area contributed by atoms with Crippen molar-refractivity contribution in [1.29, 1.82) is 0 Å². The van der Waals surface area contributed by atoms with Gasteiger partial charge in [0.05, 0.1) is 0 Å². The number of piperazine rings is 1. The number of likely N-dealkylation sites (N-methyl/N-ethyl adjacent to an activating group) is 1. The van der Waals surface area contributed by atoms with E-state index in [0.717, 1.165) is 32.0 Å². The predicted molar refractivity (Wildman–Crippen MR) is 89.8 cm³/mol. The van der Waals surface area contributed by atoms with Crippen molar-refractivity contribution in [2.24, 2.45) is 0 Å². The van der Waals surface area contributed by atoms with Gasteiger partial charge in [-0.3, -0.25) is 4.90 Å². The van der Waals surface area contributed by atoms with Gasteiger partial charge in [0, 0.05) is 49.0 Å². The second-order valence-electron chi connectivity index (χ2n) is 7.75. The minimum Gasteiger partial charge on any atom is -0.353 e. The van der Waals surface area contributed by atoms with Crippen molar-refractivity contribution in [3.63, 3.8) is 0 Å². The molecule has 1 fully saturated rings. The summed E-state index contributed by atoms with van der Waals surface area (Å²) < 4.78 is 0. The van der Waals surface area contributed by atoms with Gasteiger partial charge >= 0.3 is 0 Å². The molecular formula is C17H30N4. The molecule has 4 nitrogen and oxygen atoms in total. The average Bonchev–Trinajstić information content (AvgIpc) is 2.39. The summed E-state index contributed by atoms with van der Waals surface area (Å²) >= 11 is 0. The summed E-state index contributed by atoms with van der Waals surface area (Å²) in [7, 11) is 2.21. The Morgan fingerprint density at radius 2 is 2.00 bits per heavy atom. The van der Waals surface area contributed by atoms with Gasteiger partial charge in [0.15, 0.2) is 0 Å². The van der Waals surface area contributed by atoms with Crippen LogP contribution >= 0.6 is 0 Å². The van der Waals surface area contributed by atoms with Gasteiger partial charge in [-0.1, -0.05) is 6.07 Å². The standard InChI is InChI=1S/C17H30N4/c1-16(2,3)19-12-14-8-7-9-18-15(14)21-11-10-20(6)17(4,5)13-21/h7-9,19H,10-13H2,1-6H3. The van der Waals surface area contributed by atoms with Crippen LogP contribution in [0.2, 0.25) is 0 Å². The van der Waals surface area contributed by atoms with Crippen molar-refractivity contribution in [2.75, 3.05) is 31.6 Å². The van der Waals surface area contributed by atoms with Crippen molar-refractivity contribution in [1.82, 2.24) is 15.2 Å². The van der Waals surface area contributed by atoms with E-state index < -0.39 is 0 Å². The molecule has 0 aromatic carbocycles. The van der Waals surface area contributed by atoms with E-state index >= 15 is 0 Å². The first-order valence-electron chi connectivity index (χ1n) is 7.84. The molecule has 1 N–H and O–H groups in total. The Morgan fingerprint density at radius 1 is 1.29 bits per heavy atom. The molecule has 0 amide bonds. The Morgan fingerprint density at radius 3 is 2.62 bits per heavy atom. The Bertz CT molecular complexity index is 476. The molecule has 21 heavy (non-hydrogen) atoms. The molecule has 0 unspecified atom stereocenters. The molecule has 1 aliphatic heterocycles. The van der Waals surface area contributed by atoms with E-state index in [-0.39, 0.29) is 11.1 Å². The van der Waals surface area contributed by atoms with Crippen LogP contribution in [0, 0.1) is 0 Å². The van der Waals surface area contributed by atoms with Crippen LogP contribution in [-0.4, -0.2) is 47.6 Å². The molecular weight excluding hydrogens is 260 g/mol. The van der Waals surface area contributed by atoms with E-state index in [2.05, 4.69) is 67.8 Å². The van der Waals surface area contributed by atoms with E-state index in [4.69, 9.17) is 0 Å². The Kier molecular flexibility index (Phi) is 4.59. The molecule has 0 saturated carbocycles. The normalized spacial score (nSPS) is 19.8. The largest absolute Gasteiger partial charge is 0.353 e. The molecule has 2 heterocycles. The minimum atomic E-state index is 0.120. The average molecular weight is 290 g/mol. The highest BCUT2D eigenvalue weighted by molar-refractivity contribution is 5.47. The van der Waals surface area contributed by atoms with Crippen LogP contribution < -0.4 is 10.2 Å². The van der Waals surface area contributed by atoms with E-state index in [9.17, 15) is 0 Å². The van der Waals surface area contributed by atoms with Gasteiger partial charge in [0.2, 0.25) is 0 Å². The molecule has 1 saturated heterocycles. The maximum Gasteiger partial charge on any atom is 0.133 e. The number of nitrogens with zero attached hydrogens (tertiary/aromatic N) is 3. The topological polar surface area (TPSA) is 31.4 Å². The van der Waals surface area contributed by atoms with Gasteiger partial charge in [-0.25, -0.2) is 4.98 Å². The zero-order valence-electron chi connectivity index (χ0n) is 14.4. The molecule has 0 radical (unpaired) electrons. The summed E-state index contributed by atoms with van der Waals surface area (Å²) in [6, 6.07) is 4.22. The van der Waals surface area contributed by atoms with Crippen LogP contribution in [0.3, 0.4) is 0 Å². The lowest BCUT2D eigenvalue weighted by Gasteiger charge is -2.46. The highest BCUT2D eigenvalue weighted by atomic mass is 15.3. The second-order valence-corrected chi connectivity index (χ2v) is 7.75. The Balaban J connectivity index is 2.16. The third-order valence-electron chi connectivity index (χ3n) is 4.29. The molecule has 1 aliphatic rings. The monoisotopic (exact) mass is 290 g/mol. The van der Waals surface area contributed by atoms with Gasteiger partial charge in [0.1, 0.15) is 5.82 Å². The van der Waals surface area contributed by atoms with E-state index in [1.54, 1.807) is 0 Å². The summed E-state index contributed by atoms with van der Waals surface area (Å²) in [4.78, 5) is 9.52. The van der Waals surface area contributed by atoms with Gasteiger partial charge < -0.3 is 10.2 Å². The summed E-state index contributed by atoms with van der Waals surface area (Å²) in [5.41, 5.74) is 1.59. The summed E-state index contributed by atoms with van der Waals surface area (Å²) in [6.45, 7) is 15.2. The smallest absolute Gasteiger partial charge is 0.133 e. The van der Waals surface area contributed by atoms with Crippen LogP contribution in [0.25, 0.3) is 0 Å². The second kappa shape index (κ2) is 5.93. The Labute approximate surface area is 129 Å². The van der Waals surface area contributed by atoms with E-state index in [1.807, 2.05) is 12.3 Å². The number of anilines is 1. The van der Waals surface area contributed by atoms with Gasteiger partial charge in [0.25, 0.3) is 0 Å². The maximum atomic E-state index is 4.66. The van der Waals surface area contributed by atoms with Crippen molar-refractivity contribution < 1.29 is 0 Å². The third kappa shape index (κ3) is 4.17. The van der Waals surface area contributed by atoms with Crippen LogP contribution in [0.5, 0.6) is 0 Å². The fourth-order valence-corrected chi connectivity index (χ4v) is 2.63. The number of hydrogen-bond donors (Lipinski definition) is 1. The van der Waals surface area contributed by atoms with Gasteiger partial charge in [-0.05, 0) is 47.7 Å². The van der Waals surface area contributed by atoms with E-state index in [0.29, 0.717) is 0 Å². The van der Waals surface area contributed by atoms with Crippen LogP contribution in [0.15, 0.2) is 18.3 Å². The molecule has 118 valence electrons. The number of pyridine rings is 1.